The van der Waals surface area contributed by atoms with E-state index in [9.17, 15) is 0 Å². The second kappa shape index (κ2) is 8.49. The van der Waals surface area contributed by atoms with E-state index < -0.39 is 0 Å². The van der Waals surface area contributed by atoms with Crippen LogP contribution in [-0.4, -0.2) is 44.3 Å². The Bertz CT molecular complexity index is 891. The molecule has 4 nitrogen and oxygen atoms in total. The van der Waals surface area contributed by atoms with Gasteiger partial charge in [-0.1, -0.05) is 41.5 Å². The number of hydrogen-bond donors (Lipinski definition) is 0. The van der Waals surface area contributed by atoms with E-state index in [0.717, 1.165) is 37.5 Å². The van der Waals surface area contributed by atoms with Gasteiger partial charge in [0, 0.05) is 34.8 Å². The van der Waals surface area contributed by atoms with Gasteiger partial charge in [0.1, 0.15) is 10.8 Å². The van der Waals surface area contributed by atoms with E-state index in [0.29, 0.717) is 0 Å². The van der Waals surface area contributed by atoms with Crippen LogP contribution in [0.3, 0.4) is 0 Å². The molecule has 1 aromatic heterocycles. The van der Waals surface area contributed by atoms with Crippen LogP contribution in [0.1, 0.15) is 75.4 Å². The minimum Gasteiger partial charge on any atom is -0.496 e. The molecule has 1 aliphatic heterocycles. The van der Waals surface area contributed by atoms with Gasteiger partial charge in [0.2, 0.25) is 0 Å². The molecule has 5 heteroatoms. The molecule has 0 saturated carbocycles. The Hall–Kier alpha value is -1.43. The molecule has 0 atom stereocenters. The van der Waals surface area contributed by atoms with E-state index in [1.807, 2.05) is 11.3 Å². The zero-order valence-electron chi connectivity index (χ0n) is 21.1. The van der Waals surface area contributed by atoms with Crippen molar-refractivity contribution in [2.24, 2.45) is 0 Å². The molecule has 172 valence electrons. The Labute approximate surface area is 193 Å². The lowest BCUT2D eigenvalue weighted by atomic mass is 9.78. The predicted molar refractivity (Wildman–Crippen MR) is 132 cm³/mol. The molecular weight excluding hydrogens is 404 g/mol. The Morgan fingerprint density at radius 1 is 1.00 bits per heavy atom. The lowest BCUT2D eigenvalue weighted by Crippen LogP contribution is -2.45. The first kappa shape index (κ1) is 24.2. The molecule has 0 radical (unpaired) electrons. The molecule has 2 heterocycles. The lowest BCUT2D eigenvalue weighted by molar-refractivity contribution is -0.0106. The van der Waals surface area contributed by atoms with E-state index >= 15 is 0 Å². The van der Waals surface area contributed by atoms with Gasteiger partial charge in [-0.25, -0.2) is 4.98 Å². The minimum atomic E-state index is -0.0435. The quantitative estimate of drug-likeness (QED) is 0.555. The molecule has 0 N–H and O–H groups in total. The van der Waals surface area contributed by atoms with E-state index in [4.69, 9.17) is 14.5 Å². The van der Waals surface area contributed by atoms with Crippen LogP contribution in [0.5, 0.6) is 5.75 Å². The maximum absolute atomic E-state index is 5.96. The summed E-state index contributed by atoms with van der Waals surface area (Å²) >= 11 is 1.84. The molecule has 0 spiro atoms. The molecule has 31 heavy (non-hydrogen) atoms. The van der Waals surface area contributed by atoms with Gasteiger partial charge in [0.15, 0.2) is 0 Å². The van der Waals surface area contributed by atoms with Crippen LogP contribution in [0.2, 0.25) is 0 Å². The van der Waals surface area contributed by atoms with Crippen molar-refractivity contribution < 1.29 is 9.47 Å². The molecule has 2 aromatic rings. The van der Waals surface area contributed by atoms with Gasteiger partial charge in [-0.05, 0) is 56.8 Å². The summed E-state index contributed by atoms with van der Waals surface area (Å²) in [4.78, 5) is 8.89. The lowest BCUT2D eigenvalue weighted by Gasteiger charge is -2.41. The number of rotatable bonds is 4. The molecule has 0 bridgehead atoms. The molecule has 0 amide bonds. The average molecular weight is 445 g/mol. The monoisotopic (exact) mass is 444 g/mol. The summed E-state index contributed by atoms with van der Waals surface area (Å²) in [6.07, 6.45) is 1.96. The molecule has 1 saturated heterocycles. The van der Waals surface area contributed by atoms with Crippen molar-refractivity contribution in [3.63, 3.8) is 0 Å². The summed E-state index contributed by atoms with van der Waals surface area (Å²) in [5, 5.41) is 1.21. The highest BCUT2D eigenvalue weighted by atomic mass is 32.1. The fraction of sp³-hybridized carbons (Fsp3) is 0.654. The number of benzene rings is 1. The van der Waals surface area contributed by atoms with Gasteiger partial charge < -0.3 is 9.47 Å². The molecule has 0 aliphatic carbocycles. The van der Waals surface area contributed by atoms with Crippen LogP contribution >= 0.6 is 11.3 Å². The maximum atomic E-state index is 5.96. The Kier molecular flexibility index (Phi) is 6.63. The van der Waals surface area contributed by atoms with Crippen LogP contribution in [-0.2, 0) is 21.1 Å². The molecule has 1 aliphatic rings. The van der Waals surface area contributed by atoms with Gasteiger partial charge in [-0.2, -0.15) is 0 Å². The summed E-state index contributed by atoms with van der Waals surface area (Å²) in [5.74, 6) is 1.01. The van der Waals surface area contributed by atoms with Crippen LogP contribution in [0.25, 0.3) is 11.3 Å². The van der Waals surface area contributed by atoms with E-state index in [2.05, 4.69) is 79.6 Å². The van der Waals surface area contributed by atoms with Gasteiger partial charge in [0.05, 0.1) is 18.3 Å². The van der Waals surface area contributed by atoms with Crippen molar-refractivity contribution in [2.75, 3.05) is 34.4 Å². The first-order valence-corrected chi connectivity index (χ1v) is 12.1. The largest absolute Gasteiger partial charge is 0.496 e. The summed E-state index contributed by atoms with van der Waals surface area (Å²) in [6.45, 7) is 17.3. The van der Waals surface area contributed by atoms with Gasteiger partial charge in [0.25, 0.3) is 0 Å². The molecule has 3 rings (SSSR count). The smallest absolute Gasteiger partial charge is 0.126 e. The number of methoxy groups -OCH3 is 1. The van der Waals surface area contributed by atoms with Crippen LogP contribution in [0, 0.1) is 6.92 Å². The summed E-state index contributed by atoms with van der Waals surface area (Å²) in [6, 6.07) is 4.60. The number of ether oxygens (including phenoxy) is 2. The first-order valence-electron chi connectivity index (χ1n) is 11.3. The third-order valence-corrected chi connectivity index (χ3v) is 7.72. The highest BCUT2D eigenvalue weighted by Gasteiger charge is 2.40. The second-order valence-corrected chi connectivity index (χ2v) is 12.3. The SMILES string of the molecule is COc1c(C(C)(C)C)cc(-c2nc(C3(N(C)C)CCOCC3)sc2C)cc1C(C)(C)C. The summed E-state index contributed by atoms with van der Waals surface area (Å²) in [5.41, 5.74) is 4.67. The number of aromatic nitrogens is 1. The fourth-order valence-electron chi connectivity index (χ4n) is 4.52. The zero-order chi connectivity index (χ0) is 23.2. The number of thiazole rings is 1. The van der Waals surface area contributed by atoms with Crippen molar-refractivity contribution in [3.8, 4) is 17.0 Å². The third-order valence-electron chi connectivity index (χ3n) is 6.55. The Morgan fingerprint density at radius 2 is 1.52 bits per heavy atom. The second-order valence-electron chi connectivity index (χ2n) is 11.1. The van der Waals surface area contributed by atoms with Crippen molar-refractivity contribution >= 4 is 11.3 Å². The van der Waals surface area contributed by atoms with E-state index in [1.165, 1.54) is 26.6 Å². The van der Waals surface area contributed by atoms with Crippen molar-refractivity contribution in [1.82, 2.24) is 9.88 Å². The molecule has 1 fully saturated rings. The number of aryl methyl sites for hydroxylation is 1. The first-order chi connectivity index (χ1) is 14.3. The summed E-state index contributed by atoms with van der Waals surface area (Å²) < 4.78 is 11.6. The number of hydrogen-bond acceptors (Lipinski definition) is 5. The van der Waals surface area contributed by atoms with Gasteiger partial charge in [-0.3, -0.25) is 4.90 Å². The van der Waals surface area contributed by atoms with Crippen LogP contribution in [0.4, 0.5) is 0 Å². The van der Waals surface area contributed by atoms with E-state index in [1.54, 1.807) is 7.11 Å². The fourth-order valence-corrected chi connectivity index (χ4v) is 5.79. The average Bonchev–Trinajstić information content (AvgIpc) is 3.08. The summed E-state index contributed by atoms with van der Waals surface area (Å²) in [7, 11) is 6.13. The standard InChI is InChI=1S/C26H40N2O2S/c1-17-21(27-23(31-17)26(28(8)9)11-13-30-14-12-26)18-15-19(24(2,3)4)22(29-10)20(16-18)25(5,6)7/h15-16H,11-14H2,1-10H3. The van der Waals surface area contributed by atoms with Crippen molar-refractivity contribution in [3.05, 3.63) is 33.1 Å². The highest BCUT2D eigenvalue weighted by molar-refractivity contribution is 7.12. The Morgan fingerprint density at radius 3 is 1.94 bits per heavy atom. The zero-order valence-corrected chi connectivity index (χ0v) is 21.9. The minimum absolute atomic E-state index is 0.0281. The van der Waals surface area contributed by atoms with Gasteiger partial charge in [-0.15, -0.1) is 11.3 Å². The maximum Gasteiger partial charge on any atom is 0.126 e. The third kappa shape index (κ3) is 4.55. The van der Waals surface area contributed by atoms with E-state index in [-0.39, 0.29) is 16.4 Å². The van der Waals surface area contributed by atoms with Crippen molar-refractivity contribution in [2.45, 2.75) is 77.7 Å². The van der Waals surface area contributed by atoms with Crippen molar-refractivity contribution in [1.29, 1.82) is 0 Å². The van der Waals surface area contributed by atoms with Crippen LogP contribution < -0.4 is 4.74 Å². The predicted octanol–water partition coefficient (Wildman–Crippen LogP) is 6.29. The van der Waals surface area contributed by atoms with Crippen LogP contribution in [0.15, 0.2) is 12.1 Å². The van der Waals surface area contributed by atoms with Gasteiger partial charge >= 0.3 is 0 Å². The molecule has 1 aromatic carbocycles. The topological polar surface area (TPSA) is 34.6 Å². The normalized spacial score (nSPS) is 17.3. The Balaban J connectivity index is 2.22. The highest BCUT2D eigenvalue weighted by Crippen LogP contribution is 2.45. The molecular formula is C26H40N2O2S. The molecule has 0 unspecified atom stereocenters. The number of nitrogens with zero attached hydrogens (tertiary/aromatic N) is 2.